The molecule has 0 bridgehead atoms. The molecule has 0 radical (unpaired) electrons. The molecule has 1 amide bonds. The van der Waals surface area contributed by atoms with Crippen LogP contribution in [-0.4, -0.2) is 46.9 Å². The summed E-state index contributed by atoms with van der Waals surface area (Å²) in [6.07, 6.45) is 3.79. The molecule has 1 aliphatic heterocycles. The molecule has 11 heteroatoms. The number of oxazole rings is 1. The second kappa shape index (κ2) is 8.69. The molecule has 1 aromatic carbocycles. The van der Waals surface area contributed by atoms with Gasteiger partial charge in [0.25, 0.3) is 0 Å². The van der Waals surface area contributed by atoms with Crippen molar-refractivity contribution in [2.45, 2.75) is 32.8 Å². The second-order valence-electron chi connectivity index (χ2n) is 8.93. The summed E-state index contributed by atoms with van der Waals surface area (Å²) in [6, 6.07) is 13.3. The Kier molecular flexibility index (Phi) is 5.31. The van der Waals surface area contributed by atoms with E-state index in [1.54, 1.807) is 47.2 Å². The van der Waals surface area contributed by atoms with E-state index >= 15 is 0 Å². The average Bonchev–Trinajstić information content (AvgIpc) is 3.69. The summed E-state index contributed by atoms with van der Waals surface area (Å²) < 4.78 is 9.32. The van der Waals surface area contributed by atoms with Crippen LogP contribution in [0.1, 0.15) is 42.8 Å². The first-order chi connectivity index (χ1) is 17.9. The lowest BCUT2D eigenvalue weighted by molar-refractivity contribution is -0.117. The highest BCUT2D eigenvalue weighted by atomic mass is 16.4. The van der Waals surface area contributed by atoms with Crippen molar-refractivity contribution in [2.75, 3.05) is 11.4 Å². The summed E-state index contributed by atoms with van der Waals surface area (Å²) in [5.41, 5.74) is 3.88. The van der Waals surface area contributed by atoms with Gasteiger partial charge >= 0.3 is 6.01 Å². The first-order valence-corrected chi connectivity index (χ1v) is 11.8. The van der Waals surface area contributed by atoms with Crippen molar-refractivity contribution in [3.8, 4) is 29.0 Å². The monoisotopic (exact) mass is 494 g/mol. The van der Waals surface area contributed by atoms with Crippen LogP contribution >= 0.6 is 0 Å². The summed E-state index contributed by atoms with van der Waals surface area (Å²) in [7, 11) is 0. The normalized spacial score (nSPS) is 14.4. The molecular weight excluding hydrogens is 472 g/mol. The van der Waals surface area contributed by atoms with Gasteiger partial charge in [-0.05, 0) is 56.7 Å². The number of carbonyl (C=O) groups excluding carboxylic acids is 1. The van der Waals surface area contributed by atoms with Crippen LogP contribution in [0, 0.1) is 18.3 Å². The summed E-state index contributed by atoms with van der Waals surface area (Å²) >= 11 is 0. The lowest BCUT2D eigenvalue weighted by Crippen LogP contribution is -2.23. The summed E-state index contributed by atoms with van der Waals surface area (Å²) in [5.74, 6) is 1.55. The van der Waals surface area contributed by atoms with Crippen LogP contribution < -0.4 is 4.90 Å². The maximum Gasteiger partial charge on any atom is 0.304 e. The first-order valence-electron chi connectivity index (χ1n) is 11.8. The number of benzene rings is 1. The molecule has 6 rings (SSSR count). The molecule has 1 saturated heterocycles. The first kappa shape index (κ1) is 22.6. The maximum absolute atomic E-state index is 12.1. The Bertz CT molecular complexity index is 1700. The fourth-order valence-electron chi connectivity index (χ4n) is 4.54. The number of hydrogen-bond donors (Lipinski definition) is 1. The van der Waals surface area contributed by atoms with Crippen LogP contribution in [0.5, 0.6) is 0 Å². The molecule has 1 atom stereocenters. The highest BCUT2D eigenvalue weighted by molar-refractivity contribution is 5.93. The molecule has 0 spiro atoms. The summed E-state index contributed by atoms with van der Waals surface area (Å²) in [4.78, 5) is 27.3. The third kappa shape index (κ3) is 3.84. The number of anilines is 1. The van der Waals surface area contributed by atoms with Gasteiger partial charge in [-0.1, -0.05) is 0 Å². The number of nitriles is 1. The van der Waals surface area contributed by atoms with Crippen molar-refractivity contribution in [1.29, 1.82) is 5.26 Å². The fraction of sp³-hybridized carbons (Fsp3) is 0.231. The minimum Gasteiger partial charge on any atom is -0.423 e. The predicted molar refractivity (Wildman–Crippen MR) is 133 cm³/mol. The van der Waals surface area contributed by atoms with E-state index in [0.717, 1.165) is 28.7 Å². The molecule has 5 heterocycles. The molecule has 11 nitrogen and oxygen atoms in total. The van der Waals surface area contributed by atoms with Gasteiger partial charge in [-0.15, -0.1) is 0 Å². The topological polar surface area (TPSA) is 139 Å². The molecule has 184 valence electrons. The third-order valence-electron chi connectivity index (χ3n) is 6.42. The molecule has 1 aliphatic rings. The number of amides is 1. The zero-order chi connectivity index (χ0) is 25.7. The Labute approximate surface area is 211 Å². The van der Waals surface area contributed by atoms with Gasteiger partial charge in [0, 0.05) is 29.8 Å². The number of rotatable bonds is 5. The largest absolute Gasteiger partial charge is 0.423 e. The van der Waals surface area contributed by atoms with Gasteiger partial charge in [-0.3, -0.25) is 14.3 Å². The predicted octanol–water partition coefficient (Wildman–Crippen LogP) is 3.62. The van der Waals surface area contributed by atoms with Crippen molar-refractivity contribution in [2.24, 2.45) is 0 Å². The van der Waals surface area contributed by atoms with E-state index < -0.39 is 6.10 Å². The van der Waals surface area contributed by atoms with E-state index in [2.05, 4.69) is 15.1 Å². The molecule has 0 saturated carbocycles. The molecule has 1 unspecified atom stereocenters. The number of fused-ring (bicyclic) bond motifs is 1. The number of hydrogen-bond acceptors (Lipinski definition) is 8. The number of imidazole rings is 1. The second-order valence-corrected chi connectivity index (χ2v) is 8.93. The average molecular weight is 495 g/mol. The molecule has 1 fully saturated rings. The number of carbonyl (C=O) groups is 1. The number of pyridine rings is 1. The van der Waals surface area contributed by atoms with Gasteiger partial charge in [0.2, 0.25) is 5.91 Å². The number of aliphatic hydroxyl groups excluding tert-OH is 1. The van der Waals surface area contributed by atoms with Gasteiger partial charge in [-0.25, -0.2) is 19.6 Å². The van der Waals surface area contributed by atoms with Gasteiger partial charge in [0.15, 0.2) is 17.3 Å². The molecular formula is C26H22N8O3. The molecule has 0 aliphatic carbocycles. The lowest BCUT2D eigenvalue weighted by atomic mass is 10.1. The van der Waals surface area contributed by atoms with Gasteiger partial charge in [-0.2, -0.15) is 10.4 Å². The Morgan fingerprint density at radius 1 is 1.19 bits per heavy atom. The number of nitrogens with zero attached hydrogens (tertiary/aromatic N) is 8. The standard InChI is InChI=1S/C26H22N8O3/c1-15-10-18(12-27)31-34(15)25-19(16(2)35)6-8-23(30-25)33-14-29-20-7-5-17(11-21(20)33)22-13-28-26(37-22)32-9-3-4-24(32)36/h5-8,10-11,13-14,16,35H,3-4,9H2,1-2H3. The van der Waals surface area contributed by atoms with Gasteiger partial charge in [0.05, 0.1) is 23.3 Å². The fourth-order valence-corrected chi connectivity index (χ4v) is 4.54. The van der Waals surface area contributed by atoms with E-state index in [1.165, 1.54) is 0 Å². The number of aryl methyl sites for hydroxylation is 1. The lowest BCUT2D eigenvalue weighted by Gasteiger charge is -2.14. The van der Waals surface area contributed by atoms with Crippen molar-refractivity contribution < 1.29 is 14.3 Å². The minimum absolute atomic E-state index is 0.0127. The van der Waals surface area contributed by atoms with Crippen molar-refractivity contribution in [3.05, 3.63) is 65.9 Å². The van der Waals surface area contributed by atoms with E-state index in [9.17, 15) is 15.2 Å². The highest BCUT2D eigenvalue weighted by Crippen LogP contribution is 2.30. The van der Waals surface area contributed by atoms with Crippen LogP contribution in [0.3, 0.4) is 0 Å². The Balaban J connectivity index is 1.43. The molecule has 4 aromatic heterocycles. The Morgan fingerprint density at radius 3 is 2.78 bits per heavy atom. The maximum atomic E-state index is 12.1. The number of aromatic nitrogens is 6. The van der Waals surface area contributed by atoms with Crippen LogP contribution in [0.2, 0.25) is 0 Å². The number of aliphatic hydroxyl groups is 1. The highest BCUT2D eigenvalue weighted by Gasteiger charge is 2.26. The van der Waals surface area contributed by atoms with E-state index in [-0.39, 0.29) is 11.6 Å². The molecule has 5 aromatic rings. The Hall–Kier alpha value is -4.82. The van der Waals surface area contributed by atoms with Crippen molar-refractivity contribution >= 4 is 23.0 Å². The smallest absolute Gasteiger partial charge is 0.304 e. The van der Waals surface area contributed by atoms with E-state index in [4.69, 9.17) is 9.40 Å². The SMILES string of the molecule is Cc1cc(C#N)nn1-c1nc(-n2cnc3ccc(-c4cnc(N5CCCC5=O)o4)cc32)ccc1C(C)O. The Morgan fingerprint density at radius 2 is 2.05 bits per heavy atom. The molecule has 1 N–H and O–H groups in total. The van der Waals surface area contributed by atoms with Crippen LogP contribution in [-0.2, 0) is 4.79 Å². The zero-order valence-corrected chi connectivity index (χ0v) is 20.2. The van der Waals surface area contributed by atoms with Gasteiger partial charge in [0.1, 0.15) is 18.2 Å². The van der Waals surface area contributed by atoms with E-state index in [0.29, 0.717) is 41.9 Å². The van der Waals surface area contributed by atoms with Crippen LogP contribution in [0.25, 0.3) is 34.0 Å². The van der Waals surface area contributed by atoms with Crippen molar-refractivity contribution in [3.63, 3.8) is 0 Å². The van der Waals surface area contributed by atoms with Crippen molar-refractivity contribution in [1.82, 2.24) is 29.3 Å². The third-order valence-corrected chi connectivity index (χ3v) is 6.42. The van der Waals surface area contributed by atoms with Crippen LogP contribution in [0.15, 0.2) is 53.3 Å². The zero-order valence-electron chi connectivity index (χ0n) is 20.2. The van der Waals surface area contributed by atoms with Crippen LogP contribution in [0.4, 0.5) is 6.01 Å². The minimum atomic E-state index is -0.792. The quantitative estimate of drug-likeness (QED) is 0.391. The van der Waals surface area contributed by atoms with E-state index in [1.807, 2.05) is 35.8 Å². The van der Waals surface area contributed by atoms with Gasteiger partial charge < -0.3 is 9.52 Å². The summed E-state index contributed by atoms with van der Waals surface area (Å²) in [5, 5.41) is 24.0. The summed E-state index contributed by atoms with van der Waals surface area (Å²) in [6.45, 7) is 4.09. The molecule has 37 heavy (non-hydrogen) atoms.